The number of aromatic nitrogens is 7. The lowest BCUT2D eigenvalue weighted by atomic mass is 10.0. The summed E-state index contributed by atoms with van der Waals surface area (Å²) in [6.45, 7) is 5.59. The van der Waals surface area contributed by atoms with E-state index in [0.717, 1.165) is 133 Å². The van der Waals surface area contributed by atoms with Crippen molar-refractivity contribution in [3.8, 4) is 33.8 Å². The second-order valence-corrected chi connectivity index (χ2v) is 26.3. The number of pyridine rings is 3. The molecule has 0 unspecified atom stereocenters. The van der Waals surface area contributed by atoms with Gasteiger partial charge >= 0.3 is 0 Å². The lowest BCUT2D eigenvalue weighted by molar-refractivity contribution is 0.0744. The van der Waals surface area contributed by atoms with Crippen molar-refractivity contribution in [3.05, 3.63) is 271 Å². The fourth-order valence-corrected chi connectivity index (χ4v) is 14.1. The number of nitrogens with zero attached hydrogens (tertiary/aromatic N) is 8. The fourth-order valence-electron chi connectivity index (χ4n) is 12.8. The van der Waals surface area contributed by atoms with Crippen LogP contribution in [0.5, 0.6) is 0 Å². The Morgan fingerprint density at radius 3 is 1.53 bits per heavy atom. The molecule has 1 saturated heterocycles. The van der Waals surface area contributed by atoms with Crippen molar-refractivity contribution in [2.75, 3.05) is 74.5 Å². The van der Waals surface area contributed by atoms with Gasteiger partial charge in [-0.05, 0) is 192 Å². The van der Waals surface area contributed by atoms with E-state index in [1.54, 1.807) is 86.0 Å². The number of nitrogens with one attached hydrogen (secondary N) is 6. The maximum absolute atomic E-state index is 12.8. The van der Waals surface area contributed by atoms with E-state index >= 15 is 0 Å². The zero-order chi connectivity index (χ0) is 68.3. The molecule has 0 aliphatic carbocycles. The Kier molecular flexibility index (Phi) is 17.6. The zero-order valence-corrected chi connectivity index (χ0v) is 55.4. The summed E-state index contributed by atoms with van der Waals surface area (Å²) in [7, 11) is -0.186. The van der Waals surface area contributed by atoms with Crippen molar-refractivity contribution in [1.82, 2.24) is 48.7 Å². The van der Waals surface area contributed by atoms with Crippen LogP contribution in [-0.2, 0) is 32.4 Å². The van der Waals surface area contributed by atoms with Crippen LogP contribution in [0, 0.1) is 0 Å². The number of aromatic amines is 1. The van der Waals surface area contributed by atoms with Crippen LogP contribution in [0.25, 0.3) is 61.6 Å². The molecule has 0 atom stereocenters. The second kappa shape index (κ2) is 27.6. The summed E-state index contributed by atoms with van der Waals surface area (Å²) in [5.41, 5.74) is 20.3. The molecule has 3 aliphatic rings. The van der Waals surface area contributed by atoms with E-state index in [1.807, 2.05) is 119 Å². The number of benzene rings is 7. The van der Waals surface area contributed by atoms with E-state index < -0.39 is 9.84 Å². The van der Waals surface area contributed by atoms with Gasteiger partial charge in [0.1, 0.15) is 0 Å². The van der Waals surface area contributed by atoms with Crippen molar-refractivity contribution in [2.24, 2.45) is 0 Å². The maximum Gasteiger partial charge on any atom is 0.253 e. The Morgan fingerprint density at radius 1 is 0.550 bits per heavy atom. The zero-order valence-electron chi connectivity index (χ0n) is 54.6. The highest BCUT2D eigenvalue weighted by Crippen LogP contribution is 2.35. The van der Waals surface area contributed by atoms with Crippen LogP contribution in [-0.4, -0.2) is 118 Å². The molecule has 7 aromatic heterocycles. The molecule has 0 radical (unpaired) electrons. The first-order valence-corrected chi connectivity index (χ1v) is 34.2. The predicted octanol–water partition coefficient (Wildman–Crippen LogP) is 13.6. The quantitative estimate of drug-likeness (QED) is 0.0528. The molecule has 10 heterocycles. The molecule has 3 amide bonds. The number of fused-ring (bicyclic) bond motifs is 6. The van der Waals surface area contributed by atoms with Gasteiger partial charge in [-0.1, -0.05) is 36.4 Å². The number of rotatable bonds is 16. The van der Waals surface area contributed by atoms with Gasteiger partial charge in [-0.15, -0.1) is 0 Å². The first kappa shape index (κ1) is 63.7. The van der Waals surface area contributed by atoms with Crippen LogP contribution < -0.4 is 31.5 Å². The summed E-state index contributed by atoms with van der Waals surface area (Å²) in [5, 5.41) is 17.2. The van der Waals surface area contributed by atoms with Gasteiger partial charge in [-0.3, -0.25) is 27.6 Å². The molecule has 0 saturated carbocycles. The highest BCUT2D eigenvalue weighted by Gasteiger charge is 2.23. The number of methoxy groups -OCH3 is 1. The number of carbonyl (C=O) groups excluding carboxylic acids is 3. The van der Waals surface area contributed by atoms with E-state index in [9.17, 15) is 22.8 Å². The number of morpholine rings is 1. The first-order valence-electron chi connectivity index (χ1n) is 32.7. The van der Waals surface area contributed by atoms with Gasteiger partial charge in [0.2, 0.25) is 9.84 Å². The lowest BCUT2D eigenvalue weighted by Gasteiger charge is -2.29. The molecule has 1 fully saturated rings. The smallest absolute Gasteiger partial charge is 0.253 e. The molecular formula is C78H68N14O7S. The van der Waals surface area contributed by atoms with Crippen LogP contribution in [0.4, 0.5) is 39.8 Å². The number of ether oxygens (including phenoxy) is 2. The summed E-state index contributed by atoms with van der Waals surface area (Å²) < 4.78 is 42.3. The summed E-state index contributed by atoms with van der Waals surface area (Å²) in [6, 6.07) is 63.5. The van der Waals surface area contributed by atoms with Crippen LogP contribution in [0.2, 0.25) is 0 Å². The molecule has 498 valence electrons. The fraction of sp³-hybridized carbons (Fsp3) is 0.128. The maximum atomic E-state index is 12.8. The number of anilines is 7. The van der Waals surface area contributed by atoms with Crippen LogP contribution in [0.15, 0.2) is 253 Å². The average Bonchev–Trinajstić information content (AvgIpc) is 1.60. The summed E-state index contributed by atoms with van der Waals surface area (Å²) in [6.07, 6.45) is 13.1. The number of carbonyl (C=O) groups is 3. The van der Waals surface area contributed by atoms with Crippen LogP contribution in [0.3, 0.4) is 0 Å². The molecule has 22 heteroatoms. The summed E-state index contributed by atoms with van der Waals surface area (Å²) in [5.74, 6) is -0.112. The predicted molar refractivity (Wildman–Crippen MR) is 389 cm³/mol. The average molecular weight is 1350 g/mol. The number of likely N-dealkylation sites (N-methyl/N-ethyl adjacent to an activating group) is 1. The Morgan fingerprint density at radius 2 is 1.02 bits per heavy atom. The van der Waals surface area contributed by atoms with Crippen molar-refractivity contribution in [3.63, 3.8) is 0 Å². The molecule has 6 N–H and O–H groups in total. The third kappa shape index (κ3) is 12.9. The summed E-state index contributed by atoms with van der Waals surface area (Å²) in [4.78, 5) is 57.7. The van der Waals surface area contributed by atoms with E-state index in [4.69, 9.17) is 9.47 Å². The van der Waals surface area contributed by atoms with E-state index in [0.29, 0.717) is 37.4 Å². The molecule has 17 rings (SSSR count). The van der Waals surface area contributed by atoms with Crippen molar-refractivity contribution >= 4 is 95.2 Å². The Hall–Kier alpha value is -12.4. The minimum absolute atomic E-state index is 0.0248. The monoisotopic (exact) mass is 1340 g/mol. The first-order chi connectivity index (χ1) is 48.9. The van der Waals surface area contributed by atoms with Crippen molar-refractivity contribution < 1.29 is 32.3 Å². The number of hydrogen-bond donors (Lipinski definition) is 6. The van der Waals surface area contributed by atoms with Gasteiger partial charge < -0.3 is 50.8 Å². The molecule has 14 aromatic rings. The van der Waals surface area contributed by atoms with Gasteiger partial charge in [-0.2, -0.15) is 0 Å². The number of hydrogen-bond acceptors (Lipinski definition) is 14. The van der Waals surface area contributed by atoms with Gasteiger partial charge in [0.25, 0.3) is 17.7 Å². The second-order valence-electron chi connectivity index (χ2n) is 24.3. The molecule has 0 spiro atoms. The topological polar surface area (TPSA) is 238 Å². The lowest BCUT2D eigenvalue weighted by Crippen LogP contribution is -2.36. The van der Waals surface area contributed by atoms with Crippen molar-refractivity contribution in [2.45, 2.75) is 22.9 Å². The molecule has 3 aliphatic heterocycles. The normalized spacial score (nSPS) is 13.2. The largest absolute Gasteiger partial charge is 0.383 e. The Labute approximate surface area is 575 Å². The van der Waals surface area contributed by atoms with Gasteiger partial charge in [-0.25, -0.2) is 23.4 Å². The molecule has 21 nitrogen and oxygen atoms in total. The molecule has 0 bridgehead atoms. The van der Waals surface area contributed by atoms with Gasteiger partial charge in [0.15, 0.2) is 16.9 Å². The van der Waals surface area contributed by atoms with Crippen LogP contribution in [0.1, 0.15) is 42.2 Å². The molecule has 7 aromatic carbocycles. The van der Waals surface area contributed by atoms with Crippen molar-refractivity contribution in [1.29, 1.82) is 0 Å². The Bertz CT molecular complexity index is 5490. The third-order valence-electron chi connectivity index (χ3n) is 18.1. The van der Waals surface area contributed by atoms with E-state index in [1.165, 1.54) is 11.1 Å². The standard InChI is InChI=1S/C27H20N4O3S.C26H25N5O3.C25H23N5O/c32-27-23-11-6-18(16-19(23)17-29-27)25-13-12-24(26-28-14-15-31(25)26)30-20-7-9-22(10-8-20)35(33,34)21-4-2-1-3-5-21;1-30(13-14-34-2)26(33)17-3-6-20(7-4-17)29-22-9-10-23(31-12-11-27-24(22)31)18-5-8-21-19(15-18)16-28-25(21)32;1-6-22-18(9-10-26-22)17-19(1)24-8-7-23(25-27-11-12-30(24)25)28-20-2-4-21(5-3-20)29-13-15-31-16-14-29/h1-16,30H,17H2,(H,29,32);3-12,15,29H,13-14,16H2,1-2H3,(H,28,32);1-12,17,26,28H,13-16H2. The third-order valence-corrected chi connectivity index (χ3v) is 19.9. The van der Waals surface area contributed by atoms with Gasteiger partial charge in [0, 0.05) is 141 Å². The summed E-state index contributed by atoms with van der Waals surface area (Å²) >= 11 is 0. The highest BCUT2D eigenvalue weighted by molar-refractivity contribution is 7.91. The number of sulfone groups is 1. The SMILES string of the molecule is COCCN(C)C(=O)c1ccc(Nc2ccc(-c3ccc4c(c3)CNC4=O)n3ccnc23)cc1.O=C1NCc2cc(-c3ccc(Nc4ccc(S(=O)(=O)c5ccccc5)cc4)c4nccn34)ccc21.c1cn2c(-c3ccc4[nH]ccc4c3)ccc(Nc3ccc(N4CCOCC4)cc3)c2n1. The Balaban J connectivity index is 0.000000122. The minimum Gasteiger partial charge on any atom is -0.383 e. The van der Waals surface area contributed by atoms with Crippen LogP contribution >= 0.6 is 0 Å². The number of imidazole rings is 3. The minimum atomic E-state index is -3.57. The molecule has 100 heavy (non-hydrogen) atoms. The molecular weight excluding hydrogens is 1280 g/mol. The number of H-pyrrole nitrogens is 1. The highest BCUT2D eigenvalue weighted by atomic mass is 32.2. The number of amides is 3. The van der Waals surface area contributed by atoms with E-state index in [2.05, 4.69) is 123 Å². The van der Waals surface area contributed by atoms with Gasteiger partial charge in [0.05, 0.1) is 63.8 Å². The van der Waals surface area contributed by atoms with E-state index in [-0.39, 0.29) is 27.5 Å².